The van der Waals surface area contributed by atoms with Crippen molar-refractivity contribution in [1.82, 2.24) is 10.2 Å². The van der Waals surface area contributed by atoms with Crippen LogP contribution in [0.3, 0.4) is 0 Å². The molecule has 1 aromatic carbocycles. The number of carbonyl (C=O) groups is 2. The fourth-order valence-corrected chi connectivity index (χ4v) is 3.97. The summed E-state index contributed by atoms with van der Waals surface area (Å²) >= 11 is 7.93. The van der Waals surface area contributed by atoms with Gasteiger partial charge in [-0.25, -0.2) is 4.79 Å². The predicted molar refractivity (Wildman–Crippen MR) is 99.1 cm³/mol. The molecule has 0 radical (unpaired) electrons. The summed E-state index contributed by atoms with van der Waals surface area (Å²) in [5.74, 6) is 1.73. The van der Waals surface area contributed by atoms with Gasteiger partial charge in [-0.1, -0.05) is 29.8 Å². The van der Waals surface area contributed by atoms with Gasteiger partial charge in [-0.05, 0) is 36.6 Å². The number of urea groups is 1. The van der Waals surface area contributed by atoms with Crippen molar-refractivity contribution < 1.29 is 9.59 Å². The van der Waals surface area contributed by atoms with Crippen molar-refractivity contribution in [2.45, 2.75) is 25.0 Å². The lowest BCUT2D eigenvalue weighted by Crippen LogP contribution is -2.47. The normalized spacial score (nSPS) is 17.5. The number of hydrogen-bond acceptors (Lipinski definition) is 3. The third-order valence-corrected chi connectivity index (χ3v) is 5.55. The van der Waals surface area contributed by atoms with Crippen LogP contribution in [0, 0.1) is 5.92 Å². The number of primary amides is 1. The number of halogens is 1. The van der Waals surface area contributed by atoms with E-state index in [1.165, 1.54) is 0 Å². The molecule has 132 valence electrons. The van der Waals surface area contributed by atoms with Crippen LogP contribution in [0.1, 0.15) is 24.8 Å². The topological polar surface area (TPSA) is 75.4 Å². The van der Waals surface area contributed by atoms with Gasteiger partial charge in [-0.15, -0.1) is 0 Å². The van der Waals surface area contributed by atoms with Crippen molar-refractivity contribution in [2.75, 3.05) is 25.4 Å². The van der Waals surface area contributed by atoms with Gasteiger partial charge < -0.3 is 16.0 Å². The smallest absolute Gasteiger partial charge is 0.314 e. The number of hydrogen-bond donors (Lipinski definition) is 2. The minimum Gasteiger partial charge on any atom is -0.356 e. The molecule has 0 unspecified atom stereocenters. The Morgan fingerprint density at radius 1 is 1.38 bits per heavy atom. The van der Waals surface area contributed by atoms with E-state index in [0.717, 1.165) is 41.4 Å². The van der Waals surface area contributed by atoms with E-state index in [0.29, 0.717) is 19.6 Å². The number of piperidine rings is 1. The SMILES string of the molecule is NC(=O)N1CCC[C@H](C(=O)NCCCSCc2ccccc2Cl)C1. The summed E-state index contributed by atoms with van der Waals surface area (Å²) in [6.45, 7) is 1.74. The Kier molecular flexibility index (Phi) is 7.72. The van der Waals surface area contributed by atoms with Gasteiger partial charge in [0.2, 0.25) is 5.91 Å². The van der Waals surface area contributed by atoms with Crippen molar-refractivity contribution in [3.05, 3.63) is 34.9 Å². The van der Waals surface area contributed by atoms with E-state index < -0.39 is 6.03 Å². The van der Waals surface area contributed by atoms with Crippen molar-refractivity contribution in [3.8, 4) is 0 Å². The van der Waals surface area contributed by atoms with E-state index in [9.17, 15) is 9.59 Å². The molecule has 3 N–H and O–H groups in total. The molecular weight excluding hydrogens is 346 g/mol. The molecule has 1 aliphatic rings. The second kappa shape index (κ2) is 9.79. The lowest BCUT2D eigenvalue weighted by Gasteiger charge is -2.30. The minimum atomic E-state index is -0.441. The molecule has 3 amide bonds. The first-order valence-corrected chi connectivity index (χ1v) is 9.74. The highest BCUT2D eigenvalue weighted by Gasteiger charge is 2.26. The largest absolute Gasteiger partial charge is 0.356 e. The molecular formula is C17H24ClN3O2S. The van der Waals surface area contributed by atoms with Crippen LogP contribution in [0.2, 0.25) is 5.02 Å². The fourth-order valence-electron chi connectivity index (χ4n) is 2.72. The van der Waals surface area contributed by atoms with Gasteiger partial charge in [0.15, 0.2) is 0 Å². The van der Waals surface area contributed by atoms with Crippen molar-refractivity contribution in [3.63, 3.8) is 0 Å². The number of nitrogens with two attached hydrogens (primary N) is 1. The molecule has 7 heteroatoms. The molecule has 1 aliphatic heterocycles. The highest BCUT2D eigenvalue weighted by Crippen LogP contribution is 2.21. The lowest BCUT2D eigenvalue weighted by molar-refractivity contribution is -0.126. The number of amides is 3. The van der Waals surface area contributed by atoms with Gasteiger partial charge in [0.25, 0.3) is 0 Å². The van der Waals surface area contributed by atoms with Gasteiger partial charge in [-0.2, -0.15) is 11.8 Å². The maximum Gasteiger partial charge on any atom is 0.314 e. The van der Waals surface area contributed by atoms with Crippen molar-refractivity contribution in [2.24, 2.45) is 11.7 Å². The third-order valence-electron chi connectivity index (χ3n) is 4.08. The number of nitrogens with one attached hydrogen (secondary N) is 1. The van der Waals surface area contributed by atoms with Crippen LogP contribution in [0.5, 0.6) is 0 Å². The van der Waals surface area contributed by atoms with Crippen molar-refractivity contribution >= 4 is 35.3 Å². The first-order chi connectivity index (χ1) is 11.6. The quantitative estimate of drug-likeness (QED) is 0.725. The van der Waals surface area contributed by atoms with Crippen LogP contribution >= 0.6 is 23.4 Å². The molecule has 5 nitrogen and oxygen atoms in total. The Bertz CT molecular complexity index is 571. The maximum atomic E-state index is 12.2. The Hall–Kier alpha value is -1.40. The van der Waals surface area contributed by atoms with Gasteiger partial charge in [0.1, 0.15) is 0 Å². The Balaban J connectivity index is 1.59. The molecule has 24 heavy (non-hydrogen) atoms. The lowest BCUT2D eigenvalue weighted by atomic mass is 9.97. The third kappa shape index (κ3) is 5.91. The molecule has 1 fully saturated rings. The number of carbonyl (C=O) groups excluding carboxylic acids is 2. The molecule has 0 bridgehead atoms. The molecule has 1 saturated heterocycles. The van der Waals surface area contributed by atoms with E-state index in [2.05, 4.69) is 5.32 Å². The van der Waals surface area contributed by atoms with Crippen LogP contribution in [-0.4, -0.2) is 42.2 Å². The average Bonchev–Trinajstić information content (AvgIpc) is 2.59. The molecule has 0 spiro atoms. The highest BCUT2D eigenvalue weighted by molar-refractivity contribution is 7.98. The van der Waals surface area contributed by atoms with E-state index >= 15 is 0 Å². The number of nitrogens with zero attached hydrogens (tertiary/aromatic N) is 1. The average molecular weight is 370 g/mol. The van der Waals surface area contributed by atoms with Crippen LogP contribution in [-0.2, 0) is 10.5 Å². The molecule has 0 aromatic heterocycles. The first kappa shape index (κ1) is 18.9. The van der Waals surface area contributed by atoms with Gasteiger partial charge in [0.05, 0.1) is 5.92 Å². The second-order valence-electron chi connectivity index (χ2n) is 5.91. The predicted octanol–water partition coefficient (Wildman–Crippen LogP) is 2.87. The Morgan fingerprint density at radius 3 is 2.92 bits per heavy atom. The zero-order chi connectivity index (χ0) is 17.4. The fraction of sp³-hybridized carbons (Fsp3) is 0.529. The zero-order valence-corrected chi connectivity index (χ0v) is 15.2. The first-order valence-electron chi connectivity index (χ1n) is 8.21. The number of thioether (sulfide) groups is 1. The van der Waals surface area contributed by atoms with Crippen molar-refractivity contribution in [1.29, 1.82) is 0 Å². The molecule has 1 heterocycles. The van der Waals surface area contributed by atoms with E-state index in [1.807, 2.05) is 24.3 Å². The number of likely N-dealkylation sites (tertiary alicyclic amines) is 1. The van der Waals surface area contributed by atoms with Crippen LogP contribution < -0.4 is 11.1 Å². The maximum absolute atomic E-state index is 12.2. The molecule has 2 rings (SSSR count). The summed E-state index contributed by atoms with van der Waals surface area (Å²) in [4.78, 5) is 24.9. The standard InChI is InChI=1S/C17H24ClN3O2S/c18-15-7-2-1-5-14(15)12-24-10-4-8-20-16(22)13-6-3-9-21(11-13)17(19)23/h1-2,5,7,13H,3-4,6,8-12H2,(H2,19,23)(H,20,22)/t13-/m0/s1. The van der Waals surface area contributed by atoms with Crippen LogP contribution in [0.15, 0.2) is 24.3 Å². The van der Waals surface area contributed by atoms with Gasteiger partial charge >= 0.3 is 6.03 Å². The van der Waals surface area contributed by atoms with E-state index in [1.54, 1.807) is 16.7 Å². The molecule has 0 saturated carbocycles. The van der Waals surface area contributed by atoms with Gasteiger partial charge in [-0.3, -0.25) is 4.79 Å². The zero-order valence-electron chi connectivity index (χ0n) is 13.7. The summed E-state index contributed by atoms with van der Waals surface area (Å²) in [7, 11) is 0. The Morgan fingerprint density at radius 2 is 2.17 bits per heavy atom. The monoisotopic (exact) mass is 369 g/mol. The van der Waals surface area contributed by atoms with Gasteiger partial charge in [0, 0.05) is 30.4 Å². The Labute approximate surface area is 152 Å². The highest BCUT2D eigenvalue weighted by atomic mass is 35.5. The summed E-state index contributed by atoms with van der Waals surface area (Å²) in [5.41, 5.74) is 6.43. The number of rotatable bonds is 7. The molecule has 0 aliphatic carbocycles. The van der Waals surface area contributed by atoms with Crippen LogP contribution in [0.25, 0.3) is 0 Å². The molecule has 1 aromatic rings. The summed E-state index contributed by atoms with van der Waals surface area (Å²) in [6.07, 6.45) is 2.55. The minimum absolute atomic E-state index is 0.0250. The summed E-state index contributed by atoms with van der Waals surface area (Å²) < 4.78 is 0. The van der Waals surface area contributed by atoms with Crippen LogP contribution in [0.4, 0.5) is 4.79 Å². The second-order valence-corrected chi connectivity index (χ2v) is 7.42. The summed E-state index contributed by atoms with van der Waals surface area (Å²) in [5, 5.41) is 3.77. The summed E-state index contributed by atoms with van der Waals surface area (Å²) in [6, 6.07) is 7.41. The number of benzene rings is 1. The van der Waals surface area contributed by atoms with E-state index in [-0.39, 0.29) is 11.8 Å². The van der Waals surface area contributed by atoms with E-state index in [4.69, 9.17) is 17.3 Å². The molecule has 1 atom stereocenters.